The van der Waals surface area contributed by atoms with Gasteiger partial charge in [-0.3, -0.25) is 0 Å². The maximum atomic E-state index is 9.91. The molecule has 3 nitrogen and oxygen atoms in total. The van der Waals surface area contributed by atoms with E-state index in [2.05, 4.69) is 59.0 Å². The summed E-state index contributed by atoms with van der Waals surface area (Å²) in [6, 6.07) is 8.19. The van der Waals surface area contributed by atoms with E-state index in [0.717, 1.165) is 12.2 Å². The van der Waals surface area contributed by atoms with Gasteiger partial charge in [-0.2, -0.15) is 0 Å². The summed E-state index contributed by atoms with van der Waals surface area (Å²) < 4.78 is 5.64. The number of ether oxygens (including phenoxy) is 1. The van der Waals surface area contributed by atoms with Gasteiger partial charge < -0.3 is 15.2 Å². The van der Waals surface area contributed by atoms with Gasteiger partial charge in [0.05, 0.1) is 0 Å². The van der Waals surface area contributed by atoms with E-state index >= 15 is 0 Å². The number of aliphatic hydroxyl groups excluding tert-OH is 1. The van der Waals surface area contributed by atoms with Crippen LogP contribution >= 0.6 is 0 Å². The second-order valence-corrected chi connectivity index (χ2v) is 7.36. The van der Waals surface area contributed by atoms with E-state index in [9.17, 15) is 5.11 Å². The molecule has 1 aromatic carbocycles. The van der Waals surface area contributed by atoms with E-state index in [0.29, 0.717) is 13.2 Å². The molecule has 0 radical (unpaired) electrons. The molecular weight excluding hydrogens is 262 g/mol. The van der Waals surface area contributed by atoms with E-state index in [1.165, 1.54) is 5.56 Å². The van der Waals surface area contributed by atoms with Crippen LogP contribution in [0.1, 0.15) is 53.5 Å². The summed E-state index contributed by atoms with van der Waals surface area (Å²) in [5.74, 6) is 0.806. The highest BCUT2D eigenvalue weighted by molar-refractivity contribution is 5.31. The van der Waals surface area contributed by atoms with Gasteiger partial charge in [-0.15, -0.1) is 0 Å². The monoisotopic (exact) mass is 293 g/mol. The van der Waals surface area contributed by atoms with Gasteiger partial charge in [-0.1, -0.05) is 32.9 Å². The molecular formula is C18H31NO2. The van der Waals surface area contributed by atoms with E-state index in [4.69, 9.17) is 4.74 Å². The highest BCUT2D eigenvalue weighted by Crippen LogP contribution is 2.28. The van der Waals surface area contributed by atoms with Crippen LogP contribution in [0.25, 0.3) is 0 Å². The summed E-state index contributed by atoms with van der Waals surface area (Å²) in [4.78, 5) is 0. The van der Waals surface area contributed by atoms with Crippen molar-refractivity contribution < 1.29 is 9.84 Å². The second-order valence-electron chi connectivity index (χ2n) is 7.36. The maximum Gasteiger partial charge on any atom is 0.119 e. The fraction of sp³-hybridized carbons (Fsp3) is 0.667. The molecule has 0 heterocycles. The van der Waals surface area contributed by atoms with Gasteiger partial charge in [0.1, 0.15) is 18.5 Å². The molecule has 0 saturated carbocycles. The predicted octanol–water partition coefficient (Wildman–Crippen LogP) is 3.50. The van der Waals surface area contributed by atoms with Crippen molar-refractivity contribution in [1.29, 1.82) is 0 Å². The van der Waals surface area contributed by atoms with Crippen LogP contribution in [0.3, 0.4) is 0 Å². The molecule has 120 valence electrons. The molecule has 1 atom stereocenters. The molecule has 1 unspecified atom stereocenters. The molecule has 3 heteroatoms. The minimum Gasteiger partial charge on any atom is -0.491 e. The van der Waals surface area contributed by atoms with Crippen molar-refractivity contribution in [2.45, 2.75) is 65.0 Å². The zero-order chi connectivity index (χ0) is 16.1. The van der Waals surface area contributed by atoms with Crippen molar-refractivity contribution in [2.24, 2.45) is 0 Å². The molecule has 21 heavy (non-hydrogen) atoms. The average Bonchev–Trinajstić information content (AvgIpc) is 2.42. The topological polar surface area (TPSA) is 41.5 Å². The molecule has 0 aliphatic carbocycles. The fourth-order valence-electron chi connectivity index (χ4n) is 1.88. The molecule has 0 saturated heterocycles. The van der Waals surface area contributed by atoms with Crippen molar-refractivity contribution in [2.75, 3.05) is 13.2 Å². The Labute approximate surface area is 129 Å². The van der Waals surface area contributed by atoms with Crippen LogP contribution in [-0.4, -0.2) is 29.9 Å². The molecule has 0 amide bonds. The Morgan fingerprint density at radius 3 is 2.14 bits per heavy atom. The molecule has 0 spiro atoms. The number of β-amino-alcohol motifs (C(OH)–C–C–N with tert-alkyl or cyclic N) is 1. The summed E-state index contributed by atoms with van der Waals surface area (Å²) >= 11 is 0. The van der Waals surface area contributed by atoms with E-state index in [1.807, 2.05) is 12.1 Å². The Bertz CT molecular complexity index is 418. The Hall–Kier alpha value is -1.06. The maximum absolute atomic E-state index is 9.91. The third-order valence-electron chi connectivity index (χ3n) is 3.83. The first-order valence-corrected chi connectivity index (χ1v) is 7.80. The minimum atomic E-state index is -0.504. The van der Waals surface area contributed by atoms with Gasteiger partial charge >= 0.3 is 0 Å². The van der Waals surface area contributed by atoms with Gasteiger partial charge in [0.25, 0.3) is 0 Å². The standard InChI is InChI=1S/C18H31NO2/c1-7-18(5,6)14-8-10-16(11-9-14)21-13-15(20)12-19-17(2,3)4/h8-11,15,19-20H,7,12-13H2,1-6H3. The van der Waals surface area contributed by atoms with Crippen LogP contribution in [-0.2, 0) is 5.41 Å². The van der Waals surface area contributed by atoms with Gasteiger partial charge in [0.2, 0.25) is 0 Å². The highest BCUT2D eigenvalue weighted by Gasteiger charge is 2.17. The summed E-state index contributed by atoms with van der Waals surface area (Å²) in [6.07, 6.45) is 0.598. The Balaban J connectivity index is 2.46. The molecule has 2 N–H and O–H groups in total. The first-order chi connectivity index (χ1) is 9.64. The normalized spacial score (nSPS) is 14.0. The SMILES string of the molecule is CCC(C)(C)c1ccc(OCC(O)CNC(C)(C)C)cc1. The second kappa shape index (κ2) is 7.28. The minimum absolute atomic E-state index is 0.00830. The van der Waals surface area contributed by atoms with Crippen LogP contribution in [0.4, 0.5) is 0 Å². The van der Waals surface area contributed by atoms with Crippen LogP contribution in [0, 0.1) is 0 Å². The number of benzene rings is 1. The van der Waals surface area contributed by atoms with Gasteiger partial charge in [0.15, 0.2) is 0 Å². The summed E-state index contributed by atoms with van der Waals surface area (Å²) in [5, 5.41) is 13.2. The predicted molar refractivity (Wildman–Crippen MR) is 89.0 cm³/mol. The summed E-state index contributed by atoms with van der Waals surface area (Å²) in [5.41, 5.74) is 1.51. The van der Waals surface area contributed by atoms with Gasteiger partial charge in [-0.05, 0) is 50.3 Å². The lowest BCUT2D eigenvalue weighted by Crippen LogP contribution is -2.42. The van der Waals surface area contributed by atoms with Crippen molar-refractivity contribution in [3.63, 3.8) is 0 Å². The number of rotatable bonds is 7. The number of aliphatic hydroxyl groups is 1. The number of nitrogens with one attached hydrogen (secondary N) is 1. The Kier molecular flexibility index (Phi) is 6.24. The zero-order valence-corrected chi connectivity index (χ0v) is 14.4. The average molecular weight is 293 g/mol. The molecule has 1 aromatic rings. The lowest BCUT2D eigenvalue weighted by atomic mass is 9.82. The van der Waals surface area contributed by atoms with Gasteiger partial charge in [-0.25, -0.2) is 0 Å². The summed E-state index contributed by atoms with van der Waals surface area (Å²) in [7, 11) is 0. The molecule has 0 bridgehead atoms. The third-order valence-corrected chi connectivity index (χ3v) is 3.83. The first-order valence-electron chi connectivity index (χ1n) is 7.80. The van der Waals surface area contributed by atoms with E-state index in [-0.39, 0.29) is 11.0 Å². The van der Waals surface area contributed by atoms with E-state index < -0.39 is 6.10 Å². The number of hydrogen-bond acceptors (Lipinski definition) is 3. The largest absolute Gasteiger partial charge is 0.491 e. The molecule has 0 aliphatic heterocycles. The first kappa shape index (κ1) is 18.0. The smallest absolute Gasteiger partial charge is 0.119 e. The van der Waals surface area contributed by atoms with Crippen molar-refractivity contribution >= 4 is 0 Å². The quantitative estimate of drug-likeness (QED) is 0.808. The molecule has 0 fully saturated rings. The lowest BCUT2D eigenvalue weighted by Gasteiger charge is -2.24. The van der Waals surface area contributed by atoms with Crippen molar-refractivity contribution in [3.8, 4) is 5.75 Å². The zero-order valence-electron chi connectivity index (χ0n) is 14.4. The molecule has 0 aliphatic rings. The highest BCUT2D eigenvalue weighted by atomic mass is 16.5. The van der Waals surface area contributed by atoms with Gasteiger partial charge in [0, 0.05) is 12.1 Å². The fourth-order valence-corrected chi connectivity index (χ4v) is 1.88. The van der Waals surface area contributed by atoms with Crippen LogP contribution in [0.5, 0.6) is 5.75 Å². The van der Waals surface area contributed by atoms with Crippen LogP contribution in [0.2, 0.25) is 0 Å². The molecule has 1 rings (SSSR count). The third kappa shape index (κ3) is 6.49. The van der Waals surface area contributed by atoms with Crippen molar-refractivity contribution in [3.05, 3.63) is 29.8 Å². The van der Waals surface area contributed by atoms with Crippen molar-refractivity contribution in [1.82, 2.24) is 5.32 Å². The Morgan fingerprint density at radius 2 is 1.67 bits per heavy atom. The number of hydrogen-bond donors (Lipinski definition) is 2. The van der Waals surface area contributed by atoms with E-state index in [1.54, 1.807) is 0 Å². The molecule has 0 aromatic heterocycles. The summed E-state index contributed by atoms with van der Waals surface area (Å²) in [6.45, 7) is 13.8. The lowest BCUT2D eigenvalue weighted by molar-refractivity contribution is 0.100. The Morgan fingerprint density at radius 1 is 1.10 bits per heavy atom. The van der Waals surface area contributed by atoms with Crippen LogP contribution < -0.4 is 10.1 Å². The van der Waals surface area contributed by atoms with Crippen LogP contribution in [0.15, 0.2) is 24.3 Å².